The first-order valence-electron chi connectivity index (χ1n) is 8.15. The van der Waals surface area contributed by atoms with Crippen molar-refractivity contribution in [2.75, 3.05) is 10.6 Å². The van der Waals surface area contributed by atoms with Crippen molar-refractivity contribution in [2.24, 2.45) is 0 Å². The van der Waals surface area contributed by atoms with E-state index < -0.39 is 16.1 Å². The summed E-state index contributed by atoms with van der Waals surface area (Å²) in [7, 11) is -3.54. The van der Waals surface area contributed by atoms with Crippen LogP contribution in [0.3, 0.4) is 0 Å². The van der Waals surface area contributed by atoms with Gasteiger partial charge in [0.2, 0.25) is 15.9 Å². The Hall–Kier alpha value is -1.56. The molecular formula is C17H26N2O3S. The number of nitrogens with one attached hydrogen (secondary N) is 1. The standard InChI is InChI=1S/C17H26N2O3S/c1-13-9-11-16(12-10-13)19(23(3,21)22)14(2)17(20)18-15-7-5-4-6-8-15/h9-12,14-15H,4-8H2,1-3H3,(H,18,20)/t14-/m1/s1. The fourth-order valence-corrected chi connectivity index (χ4v) is 4.24. The minimum absolute atomic E-state index is 0.165. The second kappa shape index (κ2) is 7.34. The van der Waals surface area contributed by atoms with Crippen LogP contribution < -0.4 is 9.62 Å². The van der Waals surface area contributed by atoms with E-state index in [4.69, 9.17) is 0 Å². The summed E-state index contributed by atoms with van der Waals surface area (Å²) in [5.74, 6) is -0.233. The van der Waals surface area contributed by atoms with Crippen molar-refractivity contribution in [3.05, 3.63) is 29.8 Å². The molecule has 2 rings (SSSR count). The topological polar surface area (TPSA) is 66.5 Å². The van der Waals surface area contributed by atoms with E-state index in [1.165, 1.54) is 10.7 Å². The van der Waals surface area contributed by atoms with Crippen molar-refractivity contribution in [3.8, 4) is 0 Å². The Labute approximate surface area is 139 Å². The van der Waals surface area contributed by atoms with E-state index in [9.17, 15) is 13.2 Å². The Morgan fingerprint density at radius 1 is 1.17 bits per heavy atom. The fraction of sp³-hybridized carbons (Fsp3) is 0.588. The number of carbonyl (C=O) groups is 1. The Morgan fingerprint density at radius 2 is 1.74 bits per heavy atom. The van der Waals surface area contributed by atoms with Crippen molar-refractivity contribution in [1.29, 1.82) is 0 Å². The van der Waals surface area contributed by atoms with Crippen LogP contribution in [0, 0.1) is 6.92 Å². The number of sulfonamides is 1. The third kappa shape index (κ3) is 4.70. The molecule has 0 spiro atoms. The summed E-state index contributed by atoms with van der Waals surface area (Å²) in [5, 5.41) is 3.01. The van der Waals surface area contributed by atoms with Crippen LogP contribution in [-0.2, 0) is 14.8 Å². The van der Waals surface area contributed by atoms with Crippen LogP contribution in [0.4, 0.5) is 5.69 Å². The monoisotopic (exact) mass is 338 g/mol. The number of benzene rings is 1. The van der Waals surface area contributed by atoms with Gasteiger partial charge in [-0.05, 0) is 38.8 Å². The summed E-state index contributed by atoms with van der Waals surface area (Å²) in [6.45, 7) is 3.58. The molecule has 0 aromatic heterocycles. The first-order valence-corrected chi connectivity index (χ1v) is 10.0. The Kier molecular flexibility index (Phi) is 5.68. The van der Waals surface area contributed by atoms with Gasteiger partial charge in [0.15, 0.2) is 0 Å². The highest BCUT2D eigenvalue weighted by Crippen LogP contribution is 2.22. The van der Waals surface area contributed by atoms with E-state index >= 15 is 0 Å². The molecule has 1 saturated carbocycles. The van der Waals surface area contributed by atoms with Gasteiger partial charge in [0.25, 0.3) is 0 Å². The quantitative estimate of drug-likeness (QED) is 0.897. The van der Waals surface area contributed by atoms with Crippen molar-refractivity contribution >= 4 is 21.6 Å². The smallest absolute Gasteiger partial charge is 0.243 e. The highest BCUT2D eigenvalue weighted by Gasteiger charge is 2.30. The number of anilines is 1. The molecule has 1 aliphatic rings. The first-order chi connectivity index (χ1) is 10.8. The van der Waals surface area contributed by atoms with Crippen LogP contribution in [0.25, 0.3) is 0 Å². The van der Waals surface area contributed by atoms with Gasteiger partial charge in [-0.2, -0.15) is 0 Å². The second-order valence-corrected chi connectivity index (χ2v) is 8.27. The van der Waals surface area contributed by atoms with E-state index in [1.54, 1.807) is 19.1 Å². The normalized spacial score (nSPS) is 17.5. The lowest BCUT2D eigenvalue weighted by molar-refractivity contribution is -0.122. The van der Waals surface area contributed by atoms with Gasteiger partial charge in [-0.1, -0.05) is 37.0 Å². The number of aryl methyl sites for hydroxylation is 1. The molecule has 5 nitrogen and oxygen atoms in total. The average molecular weight is 338 g/mol. The molecule has 0 saturated heterocycles. The molecule has 1 aromatic carbocycles. The molecule has 0 unspecified atom stereocenters. The first kappa shape index (κ1) is 17.8. The number of amides is 1. The second-order valence-electron chi connectivity index (χ2n) is 6.41. The summed E-state index contributed by atoms with van der Waals surface area (Å²) >= 11 is 0. The maximum Gasteiger partial charge on any atom is 0.243 e. The van der Waals surface area contributed by atoms with Crippen LogP contribution in [-0.4, -0.2) is 32.7 Å². The summed E-state index contributed by atoms with van der Waals surface area (Å²) in [4.78, 5) is 12.5. The van der Waals surface area contributed by atoms with Crippen molar-refractivity contribution in [2.45, 2.75) is 58.0 Å². The molecular weight excluding hydrogens is 312 g/mol. The lowest BCUT2D eigenvalue weighted by atomic mass is 9.95. The van der Waals surface area contributed by atoms with E-state index in [0.29, 0.717) is 5.69 Å². The fourth-order valence-electron chi connectivity index (χ4n) is 3.07. The number of carbonyl (C=O) groups excluding carboxylic acids is 1. The molecule has 0 aliphatic heterocycles. The zero-order valence-corrected chi connectivity index (χ0v) is 14.9. The lowest BCUT2D eigenvalue weighted by Crippen LogP contribution is -2.50. The number of rotatable bonds is 5. The molecule has 1 fully saturated rings. The molecule has 0 heterocycles. The minimum Gasteiger partial charge on any atom is -0.352 e. The SMILES string of the molecule is Cc1ccc(N([C@H](C)C(=O)NC2CCCCC2)S(C)(=O)=O)cc1. The number of hydrogen-bond acceptors (Lipinski definition) is 3. The molecule has 0 radical (unpaired) electrons. The van der Waals surface area contributed by atoms with Gasteiger partial charge in [-0.3, -0.25) is 9.10 Å². The van der Waals surface area contributed by atoms with Gasteiger partial charge in [0.05, 0.1) is 11.9 Å². The van der Waals surface area contributed by atoms with Crippen molar-refractivity contribution in [3.63, 3.8) is 0 Å². The zero-order chi connectivity index (χ0) is 17.0. The average Bonchev–Trinajstić information content (AvgIpc) is 2.49. The maximum absolute atomic E-state index is 12.5. The van der Waals surface area contributed by atoms with E-state index in [2.05, 4.69) is 5.32 Å². The molecule has 0 bridgehead atoms. The molecule has 1 aromatic rings. The Morgan fingerprint density at radius 3 is 2.26 bits per heavy atom. The van der Waals surface area contributed by atoms with Crippen LogP contribution in [0.5, 0.6) is 0 Å². The van der Waals surface area contributed by atoms with E-state index in [0.717, 1.165) is 37.5 Å². The van der Waals surface area contributed by atoms with Gasteiger partial charge in [-0.15, -0.1) is 0 Å². The van der Waals surface area contributed by atoms with Crippen LogP contribution in [0.15, 0.2) is 24.3 Å². The number of nitrogens with zero attached hydrogens (tertiary/aromatic N) is 1. The summed E-state index contributed by atoms with van der Waals surface area (Å²) in [5.41, 5.74) is 1.56. The molecule has 6 heteroatoms. The van der Waals surface area contributed by atoms with Crippen molar-refractivity contribution < 1.29 is 13.2 Å². The lowest BCUT2D eigenvalue weighted by Gasteiger charge is -2.30. The van der Waals surface area contributed by atoms with Crippen LogP contribution in [0.2, 0.25) is 0 Å². The molecule has 128 valence electrons. The molecule has 1 N–H and O–H groups in total. The van der Waals surface area contributed by atoms with Gasteiger partial charge < -0.3 is 5.32 Å². The number of hydrogen-bond donors (Lipinski definition) is 1. The van der Waals surface area contributed by atoms with Crippen LogP contribution >= 0.6 is 0 Å². The van der Waals surface area contributed by atoms with Crippen molar-refractivity contribution in [1.82, 2.24) is 5.32 Å². The Balaban J connectivity index is 2.17. The van der Waals surface area contributed by atoms with Gasteiger partial charge in [0.1, 0.15) is 6.04 Å². The summed E-state index contributed by atoms with van der Waals surface area (Å²) in [6, 6.07) is 6.56. The van der Waals surface area contributed by atoms with Crippen LogP contribution in [0.1, 0.15) is 44.6 Å². The maximum atomic E-state index is 12.5. The van der Waals surface area contributed by atoms with Gasteiger partial charge in [-0.25, -0.2) is 8.42 Å². The van der Waals surface area contributed by atoms with Gasteiger partial charge in [0, 0.05) is 6.04 Å². The summed E-state index contributed by atoms with van der Waals surface area (Å²) in [6.07, 6.45) is 6.53. The highest BCUT2D eigenvalue weighted by atomic mass is 32.2. The predicted molar refractivity (Wildman–Crippen MR) is 93.0 cm³/mol. The third-order valence-electron chi connectivity index (χ3n) is 4.33. The highest BCUT2D eigenvalue weighted by molar-refractivity contribution is 7.92. The molecule has 1 aliphatic carbocycles. The zero-order valence-electron chi connectivity index (χ0n) is 14.1. The van der Waals surface area contributed by atoms with E-state index in [1.807, 2.05) is 19.1 Å². The largest absolute Gasteiger partial charge is 0.352 e. The van der Waals surface area contributed by atoms with E-state index in [-0.39, 0.29) is 11.9 Å². The molecule has 23 heavy (non-hydrogen) atoms. The molecule has 1 atom stereocenters. The Bertz CT molecular complexity index is 634. The third-order valence-corrected chi connectivity index (χ3v) is 5.57. The van der Waals surface area contributed by atoms with Gasteiger partial charge >= 0.3 is 0 Å². The predicted octanol–water partition coefficient (Wildman–Crippen LogP) is 2.60. The molecule has 1 amide bonds. The summed E-state index contributed by atoms with van der Waals surface area (Å²) < 4.78 is 25.6. The minimum atomic E-state index is -3.54.